The number of nitro groups is 1. The zero-order valence-corrected chi connectivity index (χ0v) is 11.6. The molecule has 110 valence electrons. The van der Waals surface area contributed by atoms with Crippen molar-refractivity contribution in [3.63, 3.8) is 0 Å². The summed E-state index contributed by atoms with van der Waals surface area (Å²) in [7, 11) is -3.73. The molecule has 0 unspecified atom stereocenters. The van der Waals surface area contributed by atoms with Crippen molar-refractivity contribution >= 4 is 15.7 Å². The fraction of sp³-hybridized carbons (Fsp3) is 0.545. The summed E-state index contributed by atoms with van der Waals surface area (Å²) >= 11 is 0. The molecule has 1 aromatic rings. The van der Waals surface area contributed by atoms with Crippen LogP contribution in [0.1, 0.15) is 19.3 Å². The van der Waals surface area contributed by atoms with Crippen LogP contribution < -0.4 is 10.0 Å². The first-order chi connectivity index (χ1) is 9.49. The monoisotopic (exact) mass is 300 g/mol. The minimum absolute atomic E-state index is 0.122. The summed E-state index contributed by atoms with van der Waals surface area (Å²) in [5, 5.41) is 13.5. The van der Waals surface area contributed by atoms with Gasteiger partial charge in [-0.1, -0.05) is 6.42 Å². The molecule has 0 spiro atoms. The molecule has 0 amide bonds. The van der Waals surface area contributed by atoms with Crippen LogP contribution in [0.15, 0.2) is 23.4 Å². The van der Waals surface area contributed by atoms with Crippen LogP contribution in [0.25, 0.3) is 0 Å². The Morgan fingerprint density at radius 1 is 1.45 bits per heavy atom. The number of pyridine rings is 1. The van der Waals surface area contributed by atoms with Crippen LogP contribution in [0.2, 0.25) is 0 Å². The minimum Gasteiger partial charge on any atom is -0.313 e. The number of nitrogens with one attached hydrogen (secondary N) is 2. The number of hydrogen-bond donors (Lipinski definition) is 2. The van der Waals surface area contributed by atoms with Gasteiger partial charge < -0.3 is 5.32 Å². The predicted octanol–water partition coefficient (Wildman–Crippen LogP) is 0.410. The smallest absolute Gasteiger partial charge is 0.287 e. The van der Waals surface area contributed by atoms with Crippen LogP contribution in [0.4, 0.5) is 5.69 Å². The van der Waals surface area contributed by atoms with E-state index in [2.05, 4.69) is 15.0 Å². The number of piperidine rings is 1. The lowest BCUT2D eigenvalue weighted by Crippen LogP contribution is -2.43. The van der Waals surface area contributed by atoms with Crippen LogP contribution in [-0.2, 0) is 10.0 Å². The molecule has 2 N–H and O–H groups in total. The van der Waals surface area contributed by atoms with Crippen molar-refractivity contribution < 1.29 is 13.3 Å². The van der Waals surface area contributed by atoms with Gasteiger partial charge in [0.2, 0.25) is 0 Å². The summed E-state index contributed by atoms with van der Waals surface area (Å²) in [5.41, 5.74) is -0.238. The molecule has 1 aromatic heterocycles. The van der Waals surface area contributed by atoms with Crippen molar-refractivity contribution in [1.82, 2.24) is 15.0 Å². The van der Waals surface area contributed by atoms with Gasteiger partial charge in [-0.2, -0.15) is 0 Å². The van der Waals surface area contributed by atoms with E-state index in [9.17, 15) is 18.5 Å². The Bertz CT molecular complexity index is 567. The topological polar surface area (TPSA) is 114 Å². The molecule has 1 fully saturated rings. The molecule has 8 nitrogen and oxygen atoms in total. The first-order valence-corrected chi connectivity index (χ1v) is 7.81. The van der Waals surface area contributed by atoms with E-state index in [-0.39, 0.29) is 16.8 Å². The van der Waals surface area contributed by atoms with Gasteiger partial charge in [-0.15, -0.1) is 0 Å². The number of nitrogens with zero attached hydrogens (tertiary/aromatic N) is 2. The summed E-state index contributed by atoms with van der Waals surface area (Å²) in [6.07, 6.45) is 4.05. The van der Waals surface area contributed by atoms with Crippen LogP contribution in [-0.4, -0.2) is 37.5 Å². The molecule has 9 heteroatoms. The van der Waals surface area contributed by atoms with Gasteiger partial charge in [0.05, 0.1) is 4.92 Å². The molecule has 1 aliphatic rings. The molecule has 0 aliphatic carbocycles. The summed E-state index contributed by atoms with van der Waals surface area (Å²) in [4.78, 5) is 13.5. The molecule has 1 saturated heterocycles. The standard InChI is InChI=1S/C11H16N4O4S/c16-15(17)10-4-5-11(13-8-10)20(18,19)14-7-9-3-1-2-6-12-9/h4-5,8-9,12,14H,1-3,6-7H2/t9-/m0/s1. The molecule has 0 radical (unpaired) electrons. The highest BCUT2D eigenvalue weighted by Crippen LogP contribution is 2.13. The third-order valence-electron chi connectivity index (χ3n) is 3.14. The SMILES string of the molecule is O=[N+]([O-])c1ccc(S(=O)(=O)NC[C@@H]2CCCCN2)nc1. The highest BCUT2D eigenvalue weighted by atomic mass is 32.2. The van der Waals surface area contributed by atoms with Crippen molar-refractivity contribution in [2.75, 3.05) is 13.1 Å². The van der Waals surface area contributed by atoms with Gasteiger partial charge in [0, 0.05) is 18.7 Å². The minimum atomic E-state index is -3.73. The zero-order chi connectivity index (χ0) is 14.6. The third kappa shape index (κ3) is 3.71. The molecule has 2 heterocycles. The van der Waals surface area contributed by atoms with Crippen LogP contribution >= 0.6 is 0 Å². The number of aromatic nitrogens is 1. The Kier molecular flexibility index (Phi) is 4.63. The van der Waals surface area contributed by atoms with Crippen molar-refractivity contribution in [2.45, 2.75) is 30.3 Å². The Hall–Kier alpha value is -1.58. The number of hydrogen-bond acceptors (Lipinski definition) is 6. The lowest BCUT2D eigenvalue weighted by atomic mass is 10.1. The average molecular weight is 300 g/mol. The third-order valence-corrected chi connectivity index (χ3v) is 4.48. The van der Waals surface area contributed by atoms with E-state index in [1.807, 2.05) is 0 Å². The molecule has 2 rings (SSSR count). The summed E-state index contributed by atoms with van der Waals surface area (Å²) < 4.78 is 26.4. The Morgan fingerprint density at radius 2 is 2.25 bits per heavy atom. The lowest BCUT2D eigenvalue weighted by Gasteiger charge is -2.23. The number of sulfonamides is 1. The van der Waals surface area contributed by atoms with Gasteiger partial charge >= 0.3 is 0 Å². The van der Waals surface area contributed by atoms with Crippen LogP contribution in [0.3, 0.4) is 0 Å². The van der Waals surface area contributed by atoms with Gasteiger partial charge in [-0.25, -0.2) is 18.1 Å². The number of rotatable bonds is 5. The van der Waals surface area contributed by atoms with Gasteiger partial charge in [-0.3, -0.25) is 10.1 Å². The average Bonchev–Trinajstić information content (AvgIpc) is 2.46. The maximum Gasteiger partial charge on any atom is 0.287 e. The van der Waals surface area contributed by atoms with E-state index < -0.39 is 14.9 Å². The highest BCUT2D eigenvalue weighted by molar-refractivity contribution is 7.89. The predicted molar refractivity (Wildman–Crippen MR) is 71.7 cm³/mol. The molecule has 0 saturated carbocycles. The van der Waals surface area contributed by atoms with Crippen molar-refractivity contribution in [1.29, 1.82) is 0 Å². The van der Waals surface area contributed by atoms with Crippen LogP contribution in [0.5, 0.6) is 0 Å². The first-order valence-electron chi connectivity index (χ1n) is 6.32. The molecule has 20 heavy (non-hydrogen) atoms. The lowest BCUT2D eigenvalue weighted by molar-refractivity contribution is -0.385. The Balaban J connectivity index is 2.00. The normalized spacial score (nSPS) is 19.7. The van der Waals surface area contributed by atoms with Gasteiger partial charge in [0.1, 0.15) is 6.20 Å². The summed E-state index contributed by atoms with van der Waals surface area (Å²) in [5.74, 6) is 0. The van der Waals surface area contributed by atoms with E-state index in [0.717, 1.165) is 44.1 Å². The zero-order valence-electron chi connectivity index (χ0n) is 10.8. The Labute approximate surface area is 116 Å². The maximum absolute atomic E-state index is 12.0. The van der Waals surface area contributed by atoms with Crippen molar-refractivity contribution in [3.05, 3.63) is 28.4 Å². The van der Waals surface area contributed by atoms with E-state index in [4.69, 9.17) is 0 Å². The molecular formula is C11H16N4O4S. The largest absolute Gasteiger partial charge is 0.313 e. The van der Waals surface area contributed by atoms with Gasteiger partial charge in [0.25, 0.3) is 15.7 Å². The molecule has 1 aliphatic heterocycles. The second-order valence-electron chi connectivity index (χ2n) is 4.61. The summed E-state index contributed by atoms with van der Waals surface area (Å²) in [6, 6.07) is 2.38. The van der Waals surface area contributed by atoms with Gasteiger partial charge in [-0.05, 0) is 25.5 Å². The second kappa shape index (κ2) is 6.25. The fourth-order valence-electron chi connectivity index (χ4n) is 2.02. The Morgan fingerprint density at radius 3 is 2.80 bits per heavy atom. The van der Waals surface area contributed by atoms with Crippen LogP contribution in [0, 0.1) is 10.1 Å². The molecule has 0 aromatic carbocycles. The van der Waals surface area contributed by atoms with E-state index in [1.165, 1.54) is 0 Å². The van der Waals surface area contributed by atoms with E-state index >= 15 is 0 Å². The van der Waals surface area contributed by atoms with E-state index in [1.54, 1.807) is 0 Å². The fourth-order valence-corrected chi connectivity index (χ4v) is 3.03. The molecule has 1 atom stereocenters. The van der Waals surface area contributed by atoms with Gasteiger partial charge in [0.15, 0.2) is 5.03 Å². The van der Waals surface area contributed by atoms with Crippen molar-refractivity contribution in [3.8, 4) is 0 Å². The van der Waals surface area contributed by atoms with E-state index in [0.29, 0.717) is 6.54 Å². The summed E-state index contributed by atoms with van der Waals surface area (Å²) in [6.45, 7) is 1.18. The second-order valence-corrected chi connectivity index (χ2v) is 6.32. The highest BCUT2D eigenvalue weighted by Gasteiger charge is 2.20. The molecule has 0 bridgehead atoms. The first kappa shape index (κ1) is 14.8. The quantitative estimate of drug-likeness (QED) is 0.601. The molecular weight excluding hydrogens is 284 g/mol. The maximum atomic E-state index is 12.0. The van der Waals surface area contributed by atoms with Crippen molar-refractivity contribution in [2.24, 2.45) is 0 Å².